The standard InChI is InChI=1S/C12H17F3N2O3/c1-10(2,3)20-9(19)16-6-11(7-16)4-5-17(11)8(18)12(13,14)15/h4-7H2,1-3H3. The third kappa shape index (κ3) is 2.55. The fraction of sp³-hybridized carbons (Fsp3) is 0.833. The van der Waals surface area contributed by atoms with E-state index < -0.39 is 29.3 Å². The number of hydrogen-bond acceptors (Lipinski definition) is 3. The highest BCUT2D eigenvalue weighted by molar-refractivity contribution is 5.84. The molecule has 0 saturated carbocycles. The molecule has 114 valence electrons. The van der Waals surface area contributed by atoms with E-state index in [4.69, 9.17) is 4.74 Å². The second-order valence-corrected chi connectivity index (χ2v) is 6.27. The van der Waals surface area contributed by atoms with Crippen molar-refractivity contribution in [3.05, 3.63) is 0 Å². The van der Waals surface area contributed by atoms with Gasteiger partial charge in [0.25, 0.3) is 0 Å². The SMILES string of the molecule is CC(C)(C)OC(=O)N1CC2(CCN2C(=O)C(F)(F)F)C1. The fourth-order valence-corrected chi connectivity index (χ4v) is 2.46. The summed E-state index contributed by atoms with van der Waals surface area (Å²) in [6.45, 7) is 5.42. The van der Waals surface area contributed by atoms with Crippen molar-refractivity contribution in [2.45, 2.75) is 44.5 Å². The first-order valence-corrected chi connectivity index (χ1v) is 6.31. The zero-order chi connectivity index (χ0) is 15.3. The van der Waals surface area contributed by atoms with E-state index in [1.165, 1.54) is 4.90 Å². The lowest BCUT2D eigenvalue weighted by atomic mass is 9.77. The number of hydrogen-bond donors (Lipinski definition) is 0. The highest BCUT2D eigenvalue weighted by Gasteiger charge is 2.61. The Balaban J connectivity index is 1.92. The summed E-state index contributed by atoms with van der Waals surface area (Å²) in [7, 11) is 0. The second kappa shape index (κ2) is 4.26. The topological polar surface area (TPSA) is 49.9 Å². The van der Waals surface area contributed by atoms with Crippen LogP contribution in [0.4, 0.5) is 18.0 Å². The highest BCUT2D eigenvalue weighted by atomic mass is 19.4. The minimum atomic E-state index is -4.86. The number of rotatable bonds is 0. The van der Waals surface area contributed by atoms with E-state index in [1.54, 1.807) is 20.8 Å². The van der Waals surface area contributed by atoms with Crippen LogP contribution in [-0.4, -0.2) is 58.8 Å². The van der Waals surface area contributed by atoms with Gasteiger partial charge in [-0.1, -0.05) is 0 Å². The molecule has 0 aliphatic carbocycles. The van der Waals surface area contributed by atoms with Crippen LogP contribution in [0.15, 0.2) is 0 Å². The number of ether oxygens (including phenoxy) is 1. The van der Waals surface area contributed by atoms with Crippen molar-refractivity contribution in [2.75, 3.05) is 19.6 Å². The minimum absolute atomic E-state index is 0.0838. The van der Waals surface area contributed by atoms with E-state index in [-0.39, 0.29) is 19.6 Å². The predicted molar refractivity (Wildman–Crippen MR) is 62.9 cm³/mol. The molecule has 0 bridgehead atoms. The van der Waals surface area contributed by atoms with Gasteiger partial charge in [0.05, 0.1) is 5.54 Å². The molecule has 2 heterocycles. The van der Waals surface area contributed by atoms with Crippen LogP contribution < -0.4 is 0 Å². The fourth-order valence-electron chi connectivity index (χ4n) is 2.46. The van der Waals surface area contributed by atoms with E-state index in [0.717, 1.165) is 4.90 Å². The van der Waals surface area contributed by atoms with Crippen molar-refractivity contribution in [3.8, 4) is 0 Å². The number of amides is 2. The first-order chi connectivity index (χ1) is 8.95. The van der Waals surface area contributed by atoms with Crippen molar-refractivity contribution < 1.29 is 27.5 Å². The van der Waals surface area contributed by atoms with Gasteiger partial charge in [0.1, 0.15) is 5.60 Å². The van der Waals surface area contributed by atoms with E-state index in [2.05, 4.69) is 0 Å². The maximum atomic E-state index is 12.4. The molecule has 0 aromatic carbocycles. The van der Waals surface area contributed by atoms with E-state index in [1.807, 2.05) is 0 Å². The minimum Gasteiger partial charge on any atom is -0.444 e. The summed E-state index contributed by atoms with van der Waals surface area (Å²) in [6.07, 6.45) is -4.94. The smallest absolute Gasteiger partial charge is 0.444 e. The molecular formula is C12H17F3N2O3. The number of carbonyl (C=O) groups excluding carboxylic acids is 2. The summed E-state index contributed by atoms with van der Waals surface area (Å²) in [4.78, 5) is 25.1. The zero-order valence-corrected chi connectivity index (χ0v) is 11.6. The monoisotopic (exact) mass is 294 g/mol. The molecule has 2 fully saturated rings. The van der Waals surface area contributed by atoms with Gasteiger partial charge in [-0.25, -0.2) is 4.79 Å². The lowest BCUT2D eigenvalue weighted by Gasteiger charge is -2.61. The van der Waals surface area contributed by atoms with Gasteiger partial charge in [0, 0.05) is 19.6 Å². The summed E-state index contributed by atoms with van der Waals surface area (Å²) < 4.78 is 42.3. The molecular weight excluding hydrogens is 277 g/mol. The highest BCUT2D eigenvalue weighted by Crippen LogP contribution is 2.41. The van der Waals surface area contributed by atoms with Gasteiger partial charge >= 0.3 is 18.2 Å². The van der Waals surface area contributed by atoms with E-state index in [0.29, 0.717) is 6.42 Å². The van der Waals surface area contributed by atoms with Gasteiger partial charge < -0.3 is 14.5 Å². The zero-order valence-electron chi connectivity index (χ0n) is 11.6. The van der Waals surface area contributed by atoms with Crippen molar-refractivity contribution >= 4 is 12.0 Å². The molecule has 8 heteroatoms. The molecule has 2 aliphatic heterocycles. The van der Waals surface area contributed by atoms with Gasteiger partial charge in [0.2, 0.25) is 0 Å². The second-order valence-electron chi connectivity index (χ2n) is 6.27. The van der Waals surface area contributed by atoms with Crippen LogP contribution in [0.3, 0.4) is 0 Å². The quantitative estimate of drug-likeness (QED) is 0.684. The van der Waals surface area contributed by atoms with E-state index >= 15 is 0 Å². The lowest BCUT2D eigenvalue weighted by Crippen LogP contribution is -2.79. The molecule has 0 aromatic rings. The van der Waals surface area contributed by atoms with Crippen molar-refractivity contribution in [1.82, 2.24) is 9.80 Å². The van der Waals surface area contributed by atoms with Gasteiger partial charge in [-0.05, 0) is 27.2 Å². The number of alkyl halides is 3. The summed E-state index contributed by atoms with van der Waals surface area (Å²) in [5.74, 6) is -1.83. The average Bonchev–Trinajstić information content (AvgIpc) is 2.08. The molecule has 5 nitrogen and oxygen atoms in total. The van der Waals surface area contributed by atoms with Crippen LogP contribution in [0.25, 0.3) is 0 Å². The molecule has 0 radical (unpaired) electrons. The van der Waals surface area contributed by atoms with Gasteiger partial charge in [-0.2, -0.15) is 13.2 Å². The first kappa shape index (κ1) is 14.9. The van der Waals surface area contributed by atoms with Crippen LogP contribution >= 0.6 is 0 Å². The third-order valence-electron chi connectivity index (χ3n) is 3.48. The lowest BCUT2D eigenvalue weighted by molar-refractivity contribution is -0.210. The Morgan fingerprint density at radius 3 is 2.05 bits per heavy atom. The molecule has 0 N–H and O–H groups in total. The average molecular weight is 294 g/mol. The molecule has 20 heavy (non-hydrogen) atoms. The van der Waals surface area contributed by atoms with E-state index in [9.17, 15) is 22.8 Å². The predicted octanol–water partition coefficient (Wildman–Crippen LogP) is 1.77. The van der Waals surface area contributed by atoms with Crippen molar-refractivity contribution in [3.63, 3.8) is 0 Å². The summed E-state index contributed by atoms with van der Waals surface area (Å²) >= 11 is 0. The van der Waals surface area contributed by atoms with Gasteiger partial charge in [0.15, 0.2) is 0 Å². The number of likely N-dealkylation sites (tertiary alicyclic amines) is 2. The number of nitrogens with zero attached hydrogens (tertiary/aromatic N) is 2. The van der Waals surface area contributed by atoms with Crippen LogP contribution in [0.5, 0.6) is 0 Å². The summed E-state index contributed by atoms with van der Waals surface area (Å²) in [6, 6.07) is 0. The van der Waals surface area contributed by atoms with Gasteiger partial charge in [-0.3, -0.25) is 4.79 Å². The molecule has 2 rings (SSSR count). The largest absolute Gasteiger partial charge is 0.471 e. The van der Waals surface area contributed by atoms with Crippen LogP contribution in [-0.2, 0) is 9.53 Å². The Morgan fingerprint density at radius 1 is 1.15 bits per heavy atom. The molecule has 0 aromatic heterocycles. The Morgan fingerprint density at radius 2 is 1.70 bits per heavy atom. The maximum Gasteiger partial charge on any atom is 0.471 e. The Labute approximate surface area is 114 Å². The van der Waals surface area contributed by atoms with Crippen molar-refractivity contribution in [2.24, 2.45) is 0 Å². The molecule has 2 aliphatic rings. The Bertz CT molecular complexity index is 436. The van der Waals surface area contributed by atoms with Crippen molar-refractivity contribution in [1.29, 1.82) is 0 Å². The molecule has 2 amide bonds. The first-order valence-electron chi connectivity index (χ1n) is 6.31. The van der Waals surface area contributed by atoms with Crippen LogP contribution in [0.2, 0.25) is 0 Å². The van der Waals surface area contributed by atoms with Gasteiger partial charge in [-0.15, -0.1) is 0 Å². The Hall–Kier alpha value is -1.47. The third-order valence-corrected chi connectivity index (χ3v) is 3.48. The number of carbonyl (C=O) groups is 2. The molecule has 0 atom stereocenters. The molecule has 0 unspecified atom stereocenters. The number of halogens is 3. The summed E-state index contributed by atoms with van der Waals surface area (Å²) in [5.41, 5.74) is -1.50. The summed E-state index contributed by atoms with van der Waals surface area (Å²) in [5, 5.41) is 0. The Kier molecular flexibility index (Phi) is 3.18. The van der Waals surface area contributed by atoms with Crippen LogP contribution in [0, 0.1) is 0 Å². The molecule has 1 spiro atoms. The maximum absolute atomic E-state index is 12.4. The normalized spacial score (nSPS) is 21.3. The van der Waals surface area contributed by atoms with Crippen LogP contribution in [0.1, 0.15) is 27.2 Å². The molecule has 2 saturated heterocycles.